The van der Waals surface area contributed by atoms with Crippen LogP contribution in [0.3, 0.4) is 0 Å². The molecule has 0 unspecified atom stereocenters. The van der Waals surface area contributed by atoms with Crippen molar-refractivity contribution in [3.63, 3.8) is 0 Å². The Morgan fingerprint density at radius 2 is 2.29 bits per heavy atom. The van der Waals surface area contributed by atoms with Crippen molar-refractivity contribution >= 4 is 0 Å². The number of fused-ring (bicyclic) bond motifs is 1. The molecule has 0 saturated carbocycles. The number of aromatic nitrogens is 2. The lowest BCUT2D eigenvalue weighted by molar-refractivity contribution is -0.0408. The lowest BCUT2D eigenvalue weighted by Gasteiger charge is -2.29. The van der Waals surface area contributed by atoms with Crippen molar-refractivity contribution in [2.45, 2.75) is 39.4 Å². The number of rotatable bonds is 3. The lowest BCUT2D eigenvalue weighted by atomic mass is 10.1. The first-order valence-corrected chi connectivity index (χ1v) is 6.59. The molecule has 2 aliphatic rings. The summed E-state index contributed by atoms with van der Waals surface area (Å²) in [5.74, 6) is 0.678. The van der Waals surface area contributed by atoms with Gasteiger partial charge in [0.15, 0.2) is 0 Å². The van der Waals surface area contributed by atoms with Gasteiger partial charge < -0.3 is 4.74 Å². The zero-order valence-corrected chi connectivity index (χ0v) is 10.7. The van der Waals surface area contributed by atoms with E-state index in [1.165, 1.54) is 11.3 Å². The monoisotopic (exact) mass is 235 g/mol. The maximum Gasteiger partial charge on any atom is 0.0682 e. The van der Waals surface area contributed by atoms with Gasteiger partial charge in [-0.1, -0.05) is 0 Å². The summed E-state index contributed by atoms with van der Waals surface area (Å²) in [6, 6.07) is 0.631. The molecule has 3 heterocycles. The molecule has 0 spiro atoms. The van der Waals surface area contributed by atoms with E-state index in [1.807, 2.05) is 0 Å². The number of ether oxygens (including phenoxy) is 1. The van der Waals surface area contributed by atoms with E-state index in [-0.39, 0.29) is 0 Å². The molecule has 0 aromatic carbocycles. The van der Waals surface area contributed by atoms with Crippen LogP contribution in [0.4, 0.5) is 0 Å². The molecule has 4 heteroatoms. The summed E-state index contributed by atoms with van der Waals surface area (Å²) >= 11 is 0. The van der Waals surface area contributed by atoms with Crippen LogP contribution in [-0.4, -0.2) is 40.5 Å². The highest BCUT2D eigenvalue weighted by Gasteiger charge is 2.23. The molecule has 4 nitrogen and oxygen atoms in total. The van der Waals surface area contributed by atoms with Gasteiger partial charge >= 0.3 is 0 Å². The van der Waals surface area contributed by atoms with Crippen molar-refractivity contribution in [2.24, 2.45) is 5.92 Å². The van der Waals surface area contributed by atoms with Crippen molar-refractivity contribution < 1.29 is 4.74 Å². The van der Waals surface area contributed by atoms with Gasteiger partial charge in [-0.2, -0.15) is 5.10 Å². The predicted molar refractivity (Wildman–Crippen MR) is 65.8 cm³/mol. The molecular weight excluding hydrogens is 214 g/mol. The van der Waals surface area contributed by atoms with Gasteiger partial charge in [0.2, 0.25) is 0 Å². The third kappa shape index (κ3) is 2.24. The minimum atomic E-state index is 0.631. The van der Waals surface area contributed by atoms with Crippen LogP contribution in [-0.2, 0) is 24.2 Å². The van der Waals surface area contributed by atoms with Crippen LogP contribution in [0.1, 0.15) is 25.1 Å². The Bertz CT molecular complexity index is 395. The molecule has 1 aromatic rings. The van der Waals surface area contributed by atoms with E-state index in [1.54, 1.807) is 0 Å². The molecule has 94 valence electrons. The van der Waals surface area contributed by atoms with Gasteiger partial charge in [0.25, 0.3) is 0 Å². The fraction of sp³-hybridized carbons (Fsp3) is 0.769. The van der Waals surface area contributed by atoms with Gasteiger partial charge in [0.05, 0.1) is 18.9 Å². The average Bonchev–Trinajstić information content (AvgIpc) is 2.64. The third-order valence-electron chi connectivity index (χ3n) is 3.82. The van der Waals surface area contributed by atoms with E-state index in [0.29, 0.717) is 12.0 Å². The van der Waals surface area contributed by atoms with E-state index >= 15 is 0 Å². The summed E-state index contributed by atoms with van der Waals surface area (Å²) < 4.78 is 7.33. The average molecular weight is 235 g/mol. The first-order chi connectivity index (χ1) is 8.22. The Balaban J connectivity index is 1.70. The summed E-state index contributed by atoms with van der Waals surface area (Å²) in [6.07, 6.45) is 3.34. The van der Waals surface area contributed by atoms with E-state index in [0.717, 1.165) is 39.3 Å². The Kier molecular flexibility index (Phi) is 2.92. The number of hydrogen-bond donors (Lipinski definition) is 0. The second-order valence-corrected chi connectivity index (χ2v) is 5.54. The minimum absolute atomic E-state index is 0.631. The highest BCUT2D eigenvalue weighted by molar-refractivity contribution is 5.20. The van der Waals surface area contributed by atoms with Crippen LogP contribution >= 0.6 is 0 Å². The van der Waals surface area contributed by atoms with Crippen LogP contribution < -0.4 is 0 Å². The summed E-state index contributed by atoms with van der Waals surface area (Å²) in [7, 11) is 0. The Morgan fingerprint density at radius 3 is 2.94 bits per heavy atom. The normalized spacial score (nSPS) is 21.6. The van der Waals surface area contributed by atoms with Gasteiger partial charge in [0, 0.05) is 49.8 Å². The highest BCUT2D eigenvalue weighted by atomic mass is 16.5. The zero-order chi connectivity index (χ0) is 11.8. The van der Waals surface area contributed by atoms with Crippen molar-refractivity contribution in [1.82, 2.24) is 14.7 Å². The molecule has 1 aromatic heterocycles. The fourth-order valence-corrected chi connectivity index (χ4v) is 2.58. The van der Waals surface area contributed by atoms with Crippen molar-refractivity contribution in [3.8, 4) is 0 Å². The molecule has 2 aliphatic heterocycles. The fourth-order valence-electron chi connectivity index (χ4n) is 2.58. The Morgan fingerprint density at radius 1 is 1.47 bits per heavy atom. The van der Waals surface area contributed by atoms with E-state index in [2.05, 4.69) is 29.6 Å². The van der Waals surface area contributed by atoms with E-state index in [9.17, 15) is 0 Å². The second kappa shape index (κ2) is 4.42. The molecule has 0 N–H and O–H groups in total. The molecule has 1 saturated heterocycles. The van der Waals surface area contributed by atoms with Crippen LogP contribution in [0.15, 0.2) is 6.20 Å². The van der Waals surface area contributed by atoms with Gasteiger partial charge in [-0.25, -0.2) is 0 Å². The largest absolute Gasteiger partial charge is 0.381 e. The molecule has 3 rings (SSSR count). The highest BCUT2D eigenvalue weighted by Crippen LogP contribution is 2.20. The molecule has 1 fully saturated rings. The molecule has 0 radical (unpaired) electrons. The molecule has 0 amide bonds. The smallest absolute Gasteiger partial charge is 0.0682 e. The Hall–Kier alpha value is -0.870. The Labute approximate surface area is 103 Å². The van der Waals surface area contributed by atoms with Gasteiger partial charge in [-0.05, 0) is 13.8 Å². The summed E-state index contributed by atoms with van der Waals surface area (Å²) in [6.45, 7) is 9.57. The second-order valence-electron chi connectivity index (χ2n) is 5.54. The van der Waals surface area contributed by atoms with E-state index in [4.69, 9.17) is 9.84 Å². The van der Waals surface area contributed by atoms with Crippen LogP contribution in [0.2, 0.25) is 0 Å². The van der Waals surface area contributed by atoms with Crippen molar-refractivity contribution in [2.75, 3.05) is 19.8 Å². The molecule has 0 atom stereocenters. The predicted octanol–water partition coefficient (Wildman–Crippen LogP) is 1.30. The molecule has 0 aliphatic carbocycles. The summed E-state index contributed by atoms with van der Waals surface area (Å²) in [5, 5.41) is 4.70. The SMILES string of the molecule is CC(C)N1CCc2nn(CC3COC3)cc2C1. The topological polar surface area (TPSA) is 30.3 Å². The first kappa shape index (κ1) is 11.2. The maximum atomic E-state index is 5.21. The first-order valence-electron chi connectivity index (χ1n) is 6.59. The van der Waals surface area contributed by atoms with E-state index < -0.39 is 0 Å². The van der Waals surface area contributed by atoms with Crippen LogP contribution in [0.25, 0.3) is 0 Å². The number of nitrogens with zero attached hydrogens (tertiary/aromatic N) is 3. The standard InChI is InChI=1S/C13H21N3O/c1-10(2)15-4-3-13-12(6-15)7-16(14-13)5-11-8-17-9-11/h7,10-11H,3-6,8-9H2,1-2H3. The van der Waals surface area contributed by atoms with Crippen molar-refractivity contribution in [1.29, 1.82) is 0 Å². The minimum Gasteiger partial charge on any atom is -0.381 e. The summed E-state index contributed by atoms with van der Waals surface area (Å²) in [5.41, 5.74) is 2.73. The van der Waals surface area contributed by atoms with Crippen LogP contribution in [0.5, 0.6) is 0 Å². The quantitative estimate of drug-likeness (QED) is 0.791. The van der Waals surface area contributed by atoms with Gasteiger partial charge in [-0.15, -0.1) is 0 Å². The number of hydrogen-bond acceptors (Lipinski definition) is 3. The lowest BCUT2D eigenvalue weighted by Crippen LogP contribution is -2.35. The molecule has 0 bridgehead atoms. The summed E-state index contributed by atoms with van der Waals surface area (Å²) in [4.78, 5) is 2.51. The maximum absolute atomic E-state index is 5.21. The van der Waals surface area contributed by atoms with Crippen molar-refractivity contribution in [3.05, 3.63) is 17.5 Å². The van der Waals surface area contributed by atoms with Gasteiger partial charge in [0.1, 0.15) is 0 Å². The zero-order valence-electron chi connectivity index (χ0n) is 10.7. The van der Waals surface area contributed by atoms with Crippen LogP contribution in [0, 0.1) is 5.92 Å². The molecule has 17 heavy (non-hydrogen) atoms. The third-order valence-corrected chi connectivity index (χ3v) is 3.82. The molecular formula is C13H21N3O. The van der Waals surface area contributed by atoms with Gasteiger partial charge in [-0.3, -0.25) is 9.58 Å².